The highest BCUT2D eigenvalue weighted by Gasteiger charge is 2.24. The Balaban J connectivity index is 1.51. The molecule has 0 aromatic heterocycles. The minimum atomic E-state index is -3.04. The molecule has 0 N–H and O–H groups in total. The van der Waals surface area contributed by atoms with Crippen LogP contribution in [0.2, 0.25) is 0 Å². The standard InChI is InChI=1S/C22H31N2O3P/c1-3-26-28(25,27-4-2)19-21-12-10-20(11-13-21)18-23-14-16-24(17-15-23)22-8-6-5-7-9-22/h5-13H,3-4,14-19H2,1-2H3. The van der Waals surface area contributed by atoms with Crippen LogP contribution in [0.1, 0.15) is 25.0 Å². The number of hydrogen-bond acceptors (Lipinski definition) is 5. The maximum absolute atomic E-state index is 12.7. The first-order valence-corrected chi connectivity index (χ1v) is 11.8. The summed E-state index contributed by atoms with van der Waals surface area (Å²) in [6.07, 6.45) is 0.324. The number of rotatable bonds is 9. The Hall–Kier alpha value is -1.65. The highest BCUT2D eigenvalue weighted by molar-refractivity contribution is 7.53. The molecule has 2 aromatic rings. The van der Waals surface area contributed by atoms with E-state index in [2.05, 4.69) is 52.3 Å². The molecule has 1 heterocycles. The van der Waals surface area contributed by atoms with E-state index in [1.54, 1.807) is 0 Å². The van der Waals surface area contributed by atoms with Crippen LogP contribution in [-0.4, -0.2) is 44.3 Å². The van der Waals surface area contributed by atoms with Crippen LogP contribution < -0.4 is 4.90 Å². The minimum Gasteiger partial charge on any atom is -0.369 e. The Morgan fingerprint density at radius 1 is 0.821 bits per heavy atom. The van der Waals surface area contributed by atoms with Gasteiger partial charge in [-0.25, -0.2) is 0 Å². The van der Waals surface area contributed by atoms with Crippen LogP contribution in [0.15, 0.2) is 54.6 Å². The van der Waals surface area contributed by atoms with E-state index < -0.39 is 7.60 Å². The van der Waals surface area contributed by atoms with Gasteiger partial charge in [-0.05, 0) is 37.1 Å². The third kappa shape index (κ3) is 5.92. The van der Waals surface area contributed by atoms with Crippen molar-refractivity contribution < 1.29 is 13.6 Å². The number of piperazine rings is 1. The molecule has 152 valence electrons. The smallest absolute Gasteiger partial charge is 0.335 e. The van der Waals surface area contributed by atoms with Crippen LogP contribution >= 0.6 is 7.60 Å². The molecule has 0 unspecified atom stereocenters. The summed E-state index contributed by atoms with van der Waals surface area (Å²) >= 11 is 0. The lowest BCUT2D eigenvalue weighted by molar-refractivity contribution is 0.219. The molecule has 0 saturated carbocycles. The molecule has 1 fully saturated rings. The molecule has 0 atom stereocenters. The first kappa shape index (κ1) is 21.1. The van der Waals surface area contributed by atoms with Crippen LogP contribution in [0.4, 0.5) is 5.69 Å². The van der Waals surface area contributed by atoms with Crippen molar-refractivity contribution in [3.63, 3.8) is 0 Å². The predicted octanol–water partition coefficient (Wildman–Crippen LogP) is 4.77. The van der Waals surface area contributed by atoms with Gasteiger partial charge in [0.15, 0.2) is 0 Å². The van der Waals surface area contributed by atoms with Crippen molar-refractivity contribution in [1.82, 2.24) is 4.90 Å². The summed E-state index contributed by atoms with van der Waals surface area (Å²) in [4.78, 5) is 4.93. The van der Waals surface area contributed by atoms with Crippen molar-refractivity contribution in [3.8, 4) is 0 Å². The first-order valence-electron chi connectivity index (χ1n) is 10.1. The van der Waals surface area contributed by atoms with Crippen molar-refractivity contribution in [2.24, 2.45) is 0 Å². The van der Waals surface area contributed by atoms with Gasteiger partial charge in [-0.1, -0.05) is 42.5 Å². The largest absolute Gasteiger partial charge is 0.369 e. The molecule has 0 aliphatic carbocycles. The topological polar surface area (TPSA) is 42.0 Å². The van der Waals surface area contributed by atoms with E-state index in [4.69, 9.17) is 9.05 Å². The number of anilines is 1. The van der Waals surface area contributed by atoms with Gasteiger partial charge in [0.2, 0.25) is 0 Å². The number of nitrogens with zero attached hydrogens (tertiary/aromatic N) is 2. The second-order valence-corrected chi connectivity index (χ2v) is 9.07. The Kier molecular flexibility index (Phi) is 7.69. The maximum Gasteiger partial charge on any atom is 0.335 e. The van der Waals surface area contributed by atoms with Crippen LogP contribution in [0.25, 0.3) is 0 Å². The predicted molar refractivity (Wildman–Crippen MR) is 115 cm³/mol. The zero-order valence-electron chi connectivity index (χ0n) is 16.9. The molecule has 5 nitrogen and oxygen atoms in total. The SMILES string of the molecule is CCOP(=O)(Cc1ccc(CN2CCN(c3ccccc3)CC2)cc1)OCC. The summed E-state index contributed by atoms with van der Waals surface area (Å²) in [6, 6.07) is 18.9. The Morgan fingerprint density at radius 2 is 1.39 bits per heavy atom. The van der Waals surface area contributed by atoms with Gasteiger partial charge in [0.25, 0.3) is 0 Å². The van der Waals surface area contributed by atoms with E-state index in [-0.39, 0.29) is 0 Å². The average molecular weight is 402 g/mol. The molecule has 1 aliphatic rings. The van der Waals surface area contributed by atoms with E-state index >= 15 is 0 Å². The van der Waals surface area contributed by atoms with Crippen LogP contribution in [-0.2, 0) is 26.3 Å². The van der Waals surface area contributed by atoms with Gasteiger partial charge in [0.1, 0.15) is 0 Å². The highest BCUT2D eigenvalue weighted by Crippen LogP contribution is 2.51. The normalized spacial score (nSPS) is 15.7. The fourth-order valence-corrected chi connectivity index (χ4v) is 5.26. The molecule has 0 amide bonds. The lowest BCUT2D eigenvalue weighted by Crippen LogP contribution is -2.45. The first-order chi connectivity index (χ1) is 13.6. The molecular formula is C22H31N2O3P. The van der Waals surface area contributed by atoms with Gasteiger partial charge in [-0.2, -0.15) is 0 Å². The van der Waals surface area contributed by atoms with E-state index in [0.29, 0.717) is 19.4 Å². The molecule has 3 rings (SSSR count). The zero-order valence-corrected chi connectivity index (χ0v) is 17.8. The molecular weight excluding hydrogens is 371 g/mol. The third-order valence-electron chi connectivity index (χ3n) is 4.95. The van der Waals surface area contributed by atoms with Crippen LogP contribution in [0.5, 0.6) is 0 Å². The van der Waals surface area contributed by atoms with Crippen molar-refractivity contribution >= 4 is 13.3 Å². The lowest BCUT2D eigenvalue weighted by atomic mass is 10.1. The van der Waals surface area contributed by atoms with Crippen molar-refractivity contribution in [3.05, 3.63) is 65.7 Å². The van der Waals surface area contributed by atoms with Gasteiger partial charge in [-0.3, -0.25) is 9.46 Å². The third-order valence-corrected chi connectivity index (χ3v) is 7.01. The van der Waals surface area contributed by atoms with E-state index in [0.717, 1.165) is 38.3 Å². The van der Waals surface area contributed by atoms with Crippen molar-refractivity contribution in [1.29, 1.82) is 0 Å². The average Bonchev–Trinajstić information content (AvgIpc) is 2.71. The summed E-state index contributed by atoms with van der Waals surface area (Å²) in [5, 5.41) is 0. The molecule has 1 aliphatic heterocycles. The van der Waals surface area contributed by atoms with Crippen molar-refractivity contribution in [2.45, 2.75) is 26.6 Å². The molecule has 0 radical (unpaired) electrons. The lowest BCUT2D eigenvalue weighted by Gasteiger charge is -2.36. The monoisotopic (exact) mass is 402 g/mol. The maximum atomic E-state index is 12.7. The number of benzene rings is 2. The van der Waals surface area contributed by atoms with Gasteiger partial charge < -0.3 is 13.9 Å². The van der Waals surface area contributed by atoms with Crippen molar-refractivity contribution in [2.75, 3.05) is 44.3 Å². The Bertz CT molecular complexity index is 749. The minimum absolute atomic E-state index is 0.324. The number of para-hydroxylation sites is 1. The quantitative estimate of drug-likeness (QED) is 0.565. The van der Waals surface area contributed by atoms with Gasteiger partial charge >= 0.3 is 7.60 Å². The molecule has 2 aromatic carbocycles. The van der Waals surface area contributed by atoms with E-state index in [1.807, 2.05) is 26.0 Å². The second kappa shape index (κ2) is 10.2. The van der Waals surface area contributed by atoms with E-state index in [1.165, 1.54) is 11.3 Å². The summed E-state index contributed by atoms with van der Waals surface area (Å²) < 4.78 is 23.5. The highest BCUT2D eigenvalue weighted by atomic mass is 31.2. The van der Waals surface area contributed by atoms with Gasteiger partial charge in [-0.15, -0.1) is 0 Å². The molecule has 0 bridgehead atoms. The molecule has 28 heavy (non-hydrogen) atoms. The summed E-state index contributed by atoms with van der Waals surface area (Å²) in [5.74, 6) is 0. The second-order valence-electron chi connectivity index (χ2n) is 7.02. The van der Waals surface area contributed by atoms with Crippen LogP contribution in [0, 0.1) is 0 Å². The van der Waals surface area contributed by atoms with Gasteiger partial charge in [0.05, 0.1) is 19.4 Å². The molecule has 0 spiro atoms. The Labute approximate surface area is 168 Å². The molecule has 6 heteroatoms. The zero-order chi connectivity index (χ0) is 19.8. The number of hydrogen-bond donors (Lipinski definition) is 0. The molecule has 1 saturated heterocycles. The summed E-state index contributed by atoms with van der Waals surface area (Å²) in [5.41, 5.74) is 3.57. The summed E-state index contributed by atoms with van der Waals surface area (Å²) in [7, 11) is -3.04. The fourth-order valence-electron chi connectivity index (χ4n) is 3.56. The van der Waals surface area contributed by atoms with Crippen LogP contribution in [0.3, 0.4) is 0 Å². The van der Waals surface area contributed by atoms with Gasteiger partial charge in [0, 0.05) is 38.4 Å². The van der Waals surface area contributed by atoms with E-state index in [9.17, 15) is 4.57 Å². The summed E-state index contributed by atoms with van der Waals surface area (Å²) in [6.45, 7) is 9.62. The fraction of sp³-hybridized carbons (Fsp3) is 0.455. The Morgan fingerprint density at radius 3 is 1.96 bits per heavy atom.